The van der Waals surface area contributed by atoms with Crippen molar-refractivity contribution in [3.8, 4) is 0 Å². The fourth-order valence-corrected chi connectivity index (χ4v) is 2.00. The first-order valence-corrected chi connectivity index (χ1v) is 7.52. The van der Waals surface area contributed by atoms with Crippen LogP contribution in [0.5, 0.6) is 0 Å². The molecule has 0 fully saturated rings. The molecule has 23 heavy (non-hydrogen) atoms. The van der Waals surface area contributed by atoms with Crippen molar-refractivity contribution < 1.29 is 19.4 Å². The molecule has 0 spiro atoms. The first-order chi connectivity index (χ1) is 10.8. The van der Waals surface area contributed by atoms with Crippen LogP contribution in [-0.4, -0.2) is 42.0 Å². The van der Waals surface area contributed by atoms with Gasteiger partial charge in [-0.05, 0) is 32.3 Å². The molecule has 7 nitrogen and oxygen atoms in total. The SMILES string of the molecule is CC(C)(CCc1ccccc1)OC(=O)NC[C@@H](CN)NC(=O)O. The lowest BCUT2D eigenvalue weighted by Crippen LogP contribution is -2.48. The van der Waals surface area contributed by atoms with Crippen molar-refractivity contribution in [1.82, 2.24) is 10.6 Å². The molecule has 5 N–H and O–H groups in total. The number of carbonyl (C=O) groups excluding carboxylic acids is 1. The standard InChI is InChI=1S/C16H25N3O4/c1-16(2,9-8-12-6-4-3-5-7-12)23-15(22)18-11-13(10-17)19-14(20)21/h3-7,13,19H,8-11,17H2,1-2H3,(H,18,22)(H,20,21)/t13-/m1/s1. The molecule has 0 aliphatic rings. The Morgan fingerprint density at radius 3 is 2.52 bits per heavy atom. The Bertz CT molecular complexity index is 505. The van der Waals surface area contributed by atoms with Crippen LogP contribution in [0.1, 0.15) is 25.8 Å². The quantitative estimate of drug-likeness (QED) is 0.581. The number of rotatable bonds is 8. The van der Waals surface area contributed by atoms with E-state index in [1.54, 1.807) is 0 Å². The van der Waals surface area contributed by atoms with Gasteiger partial charge in [-0.3, -0.25) is 0 Å². The molecule has 0 saturated heterocycles. The number of alkyl carbamates (subject to hydrolysis) is 1. The van der Waals surface area contributed by atoms with Crippen LogP contribution in [0.3, 0.4) is 0 Å². The second kappa shape index (κ2) is 8.99. The molecular weight excluding hydrogens is 298 g/mol. The molecule has 0 aromatic heterocycles. The van der Waals surface area contributed by atoms with E-state index in [-0.39, 0.29) is 13.1 Å². The number of hydrogen-bond acceptors (Lipinski definition) is 4. The second-order valence-electron chi connectivity index (χ2n) is 5.90. The highest BCUT2D eigenvalue weighted by molar-refractivity contribution is 5.68. The lowest BCUT2D eigenvalue weighted by molar-refractivity contribution is 0.0326. The Balaban J connectivity index is 2.37. The van der Waals surface area contributed by atoms with Crippen LogP contribution >= 0.6 is 0 Å². The van der Waals surface area contributed by atoms with Crippen molar-refractivity contribution in [3.63, 3.8) is 0 Å². The lowest BCUT2D eigenvalue weighted by Gasteiger charge is -2.26. The summed E-state index contributed by atoms with van der Waals surface area (Å²) < 4.78 is 5.39. The van der Waals surface area contributed by atoms with Gasteiger partial charge in [0.25, 0.3) is 0 Å². The van der Waals surface area contributed by atoms with E-state index in [4.69, 9.17) is 15.6 Å². The van der Waals surface area contributed by atoms with E-state index >= 15 is 0 Å². The van der Waals surface area contributed by atoms with Gasteiger partial charge in [0.2, 0.25) is 0 Å². The van der Waals surface area contributed by atoms with Gasteiger partial charge in [-0.15, -0.1) is 0 Å². The number of amides is 2. The third-order valence-electron chi connectivity index (χ3n) is 3.33. The summed E-state index contributed by atoms with van der Waals surface area (Å²) in [7, 11) is 0. The molecule has 2 amide bonds. The van der Waals surface area contributed by atoms with E-state index in [2.05, 4.69) is 10.6 Å². The molecule has 0 saturated carbocycles. The van der Waals surface area contributed by atoms with E-state index in [0.29, 0.717) is 6.42 Å². The minimum absolute atomic E-state index is 0.0798. The van der Waals surface area contributed by atoms with Gasteiger partial charge in [0.15, 0.2) is 0 Å². The number of nitrogens with two attached hydrogens (primary N) is 1. The predicted octanol–water partition coefficient (Wildman–Crippen LogP) is 1.72. The number of carbonyl (C=O) groups is 2. The molecule has 128 valence electrons. The number of hydrogen-bond donors (Lipinski definition) is 4. The summed E-state index contributed by atoms with van der Waals surface area (Å²) in [6.07, 6.45) is -0.293. The zero-order valence-electron chi connectivity index (χ0n) is 13.5. The van der Waals surface area contributed by atoms with Gasteiger partial charge in [0.1, 0.15) is 5.60 Å². The van der Waals surface area contributed by atoms with E-state index in [1.165, 1.54) is 5.56 Å². The molecule has 0 aliphatic heterocycles. The van der Waals surface area contributed by atoms with Gasteiger partial charge in [-0.2, -0.15) is 0 Å². The number of carboxylic acid groups (broad SMARTS) is 1. The highest BCUT2D eigenvalue weighted by Gasteiger charge is 2.23. The summed E-state index contributed by atoms with van der Waals surface area (Å²) in [5.74, 6) is 0. The molecule has 1 atom stereocenters. The molecule has 0 aliphatic carbocycles. The molecule has 0 heterocycles. The molecule has 7 heteroatoms. The van der Waals surface area contributed by atoms with Crippen molar-refractivity contribution in [1.29, 1.82) is 0 Å². The van der Waals surface area contributed by atoms with Gasteiger partial charge in [-0.25, -0.2) is 9.59 Å². The topological polar surface area (TPSA) is 114 Å². The van der Waals surface area contributed by atoms with Crippen molar-refractivity contribution in [2.45, 2.75) is 38.3 Å². The van der Waals surface area contributed by atoms with E-state index < -0.39 is 23.8 Å². The fourth-order valence-electron chi connectivity index (χ4n) is 2.00. The van der Waals surface area contributed by atoms with Gasteiger partial charge in [-0.1, -0.05) is 30.3 Å². The second-order valence-corrected chi connectivity index (χ2v) is 5.90. The summed E-state index contributed by atoms with van der Waals surface area (Å²) in [4.78, 5) is 22.4. The summed E-state index contributed by atoms with van der Waals surface area (Å²) in [6.45, 7) is 3.84. The molecule has 0 unspecified atom stereocenters. The Morgan fingerprint density at radius 1 is 1.30 bits per heavy atom. The van der Waals surface area contributed by atoms with Crippen LogP contribution in [0.2, 0.25) is 0 Å². The van der Waals surface area contributed by atoms with Crippen LogP contribution in [0, 0.1) is 0 Å². The van der Waals surface area contributed by atoms with Crippen LogP contribution in [0.4, 0.5) is 9.59 Å². The van der Waals surface area contributed by atoms with Crippen LogP contribution < -0.4 is 16.4 Å². The Kier molecular flexibility index (Phi) is 7.34. The van der Waals surface area contributed by atoms with Crippen molar-refractivity contribution >= 4 is 12.2 Å². The highest BCUT2D eigenvalue weighted by atomic mass is 16.6. The van der Waals surface area contributed by atoms with Crippen LogP contribution in [-0.2, 0) is 11.2 Å². The molecule has 0 radical (unpaired) electrons. The van der Waals surface area contributed by atoms with Gasteiger partial charge in [0, 0.05) is 13.1 Å². The number of ether oxygens (including phenoxy) is 1. The fraction of sp³-hybridized carbons (Fsp3) is 0.500. The van der Waals surface area contributed by atoms with Crippen LogP contribution in [0.25, 0.3) is 0 Å². The maximum absolute atomic E-state index is 11.8. The Hall–Kier alpha value is -2.28. The maximum Gasteiger partial charge on any atom is 0.407 e. The Labute approximate surface area is 136 Å². The smallest absolute Gasteiger partial charge is 0.407 e. The van der Waals surface area contributed by atoms with Crippen LogP contribution in [0.15, 0.2) is 30.3 Å². The summed E-state index contributed by atoms with van der Waals surface area (Å²) in [6, 6.07) is 9.40. The number of benzene rings is 1. The average Bonchev–Trinajstić information content (AvgIpc) is 2.50. The highest BCUT2D eigenvalue weighted by Crippen LogP contribution is 2.18. The first kappa shape index (κ1) is 18.8. The molecular formula is C16H25N3O4. The Morgan fingerprint density at radius 2 is 1.96 bits per heavy atom. The van der Waals surface area contributed by atoms with Gasteiger partial charge < -0.3 is 26.2 Å². The van der Waals surface area contributed by atoms with Gasteiger partial charge >= 0.3 is 12.2 Å². The summed E-state index contributed by atoms with van der Waals surface area (Å²) in [5.41, 5.74) is 5.98. The average molecular weight is 323 g/mol. The lowest BCUT2D eigenvalue weighted by atomic mass is 9.99. The normalized spacial score (nSPS) is 12.3. The molecule has 1 rings (SSSR count). The predicted molar refractivity (Wildman–Crippen MR) is 87.3 cm³/mol. The van der Waals surface area contributed by atoms with Gasteiger partial charge in [0.05, 0.1) is 6.04 Å². The zero-order chi connectivity index (χ0) is 17.3. The first-order valence-electron chi connectivity index (χ1n) is 7.52. The number of nitrogens with one attached hydrogen (secondary N) is 2. The summed E-state index contributed by atoms with van der Waals surface area (Å²) in [5, 5.41) is 13.4. The summed E-state index contributed by atoms with van der Waals surface area (Å²) >= 11 is 0. The third kappa shape index (κ3) is 8.06. The third-order valence-corrected chi connectivity index (χ3v) is 3.33. The number of aryl methyl sites for hydroxylation is 1. The monoisotopic (exact) mass is 323 g/mol. The van der Waals surface area contributed by atoms with Crippen molar-refractivity contribution in [2.75, 3.05) is 13.1 Å². The largest absolute Gasteiger partial charge is 0.465 e. The van der Waals surface area contributed by atoms with Crippen molar-refractivity contribution in [3.05, 3.63) is 35.9 Å². The minimum Gasteiger partial charge on any atom is -0.465 e. The maximum atomic E-state index is 11.8. The zero-order valence-corrected chi connectivity index (χ0v) is 13.5. The van der Waals surface area contributed by atoms with E-state index in [0.717, 1.165) is 6.42 Å². The van der Waals surface area contributed by atoms with E-state index in [1.807, 2.05) is 44.2 Å². The molecule has 1 aromatic carbocycles. The molecule has 0 bridgehead atoms. The van der Waals surface area contributed by atoms with E-state index in [9.17, 15) is 9.59 Å². The van der Waals surface area contributed by atoms with Crippen molar-refractivity contribution in [2.24, 2.45) is 5.73 Å². The minimum atomic E-state index is -1.18. The molecule has 1 aromatic rings.